The number of para-hydroxylation sites is 2. The third kappa shape index (κ3) is 5.29. The molecule has 1 aromatic heterocycles. The van der Waals surface area contributed by atoms with Crippen molar-refractivity contribution in [3.8, 4) is 5.75 Å². The lowest BCUT2D eigenvalue weighted by Gasteiger charge is -2.36. The van der Waals surface area contributed by atoms with Crippen LogP contribution in [-0.2, 0) is 13.6 Å². The molecular formula is C23H35N7O. The predicted octanol–water partition coefficient (Wildman–Crippen LogP) is 2.78. The molecule has 1 atom stereocenters. The number of benzene rings is 1. The molecule has 0 bridgehead atoms. The number of ether oxygens (including phenoxy) is 1. The Kier molecular flexibility index (Phi) is 6.94. The molecule has 8 heteroatoms. The molecule has 1 aromatic carbocycles. The molecule has 8 nitrogen and oxygen atoms in total. The normalized spacial score (nSPS) is 20.2. The number of aromatic nitrogens is 3. The van der Waals surface area contributed by atoms with Crippen molar-refractivity contribution in [3.63, 3.8) is 0 Å². The quantitative estimate of drug-likeness (QED) is 0.547. The van der Waals surface area contributed by atoms with Crippen molar-refractivity contribution in [1.29, 1.82) is 0 Å². The number of hydrogen-bond donors (Lipinski definition) is 2. The number of nitrogens with zero attached hydrogens (tertiary/aromatic N) is 5. The van der Waals surface area contributed by atoms with Crippen molar-refractivity contribution in [2.45, 2.75) is 64.1 Å². The first kappa shape index (κ1) is 21.5. The fourth-order valence-electron chi connectivity index (χ4n) is 4.53. The van der Waals surface area contributed by atoms with Gasteiger partial charge in [-0.1, -0.05) is 25.0 Å². The molecule has 1 aliphatic heterocycles. The van der Waals surface area contributed by atoms with Crippen LogP contribution in [-0.4, -0.2) is 53.0 Å². The summed E-state index contributed by atoms with van der Waals surface area (Å²) in [5.74, 6) is 3.60. The predicted molar refractivity (Wildman–Crippen MR) is 124 cm³/mol. The topological polar surface area (TPSA) is 79.6 Å². The summed E-state index contributed by atoms with van der Waals surface area (Å²) < 4.78 is 7.59. The molecule has 0 spiro atoms. The van der Waals surface area contributed by atoms with Crippen LogP contribution in [0.2, 0.25) is 0 Å². The molecule has 0 amide bonds. The van der Waals surface area contributed by atoms with E-state index in [0.29, 0.717) is 18.6 Å². The third-order valence-corrected chi connectivity index (χ3v) is 6.45. The van der Waals surface area contributed by atoms with Crippen LogP contribution in [0.25, 0.3) is 0 Å². The van der Waals surface area contributed by atoms with Gasteiger partial charge in [0, 0.05) is 32.2 Å². The molecule has 1 saturated carbocycles. The summed E-state index contributed by atoms with van der Waals surface area (Å²) in [4.78, 5) is 7.30. The molecule has 1 saturated heterocycles. The Balaban J connectivity index is 1.46. The van der Waals surface area contributed by atoms with Gasteiger partial charge >= 0.3 is 0 Å². The zero-order valence-corrected chi connectivity index (χ0v) is 19.0. The number of anilines is 1. The highest BCUT2D eigenvalue weighted by atomic mass is 16.5. The first-order valence-electron chi connectivity index (χ1n) is 11.4. The smallest absolute Gasteiger partial charge is 0.192 e. The van der Waals surface area contributed by atoms with Gasteiger partial charge in [0.15, 0.2) is 11.8 Å². The molecule has 2 fully saturated rings. The fourth-order valence-corrected chi connectivity index (χ4v) is 4.53. The lowest BCUT2D eigenvalue weighted by atomic mass is 10.0. The summed E-state index contributed by atoms with van der Waals surface area (Å²) >= 11 is 0. The van der Waals surface area contributed by atoms with Crippen LogP contribution in [0.4, 0.5) is 5.69 Å². The highest BCUT2D eigenvalue weighted by Gasteiger charge is 2.24. The Morgan fingerprint density at radius 2 is 1.84 bits per heavy atom. The van der Waals surface area contributed by atoms with Crippen molar-refractivity contribution in [2.75, 3.05) is 25.1 Å². The Bertz CT molecular complexity index is 888. The standard InChI is InChI=1S/C23H35N7O/c1-17-27-28-22(29(17)2)15-24-23(25-18-9-4-5-10-18)26-19-11-8-14-30(16-19)20-12-6-7-13-21(20)31-3/h6-7,12-13,18-19H,4-5,8-11,14-16H2,1-3H3,(H2,24,25,26). The van der Waals surface area contributed by atoms with E-state index in [4.69, 9.17) is 9.73 Å². The van der Waals surface area contributed by atoms with Gasteiger partial charge in [0.05, 0.1) is 12.8 Å². The molecule has 1 aliphatic carbocycles. The molecule has 2 aromatic rings. The number of methoxy groups -OCH3 is 1. The summed E-state index contributed by atoms with van der Waals surface area (Å²) in [5, 5.41) is 15.8. The number of aliphatic imine (C=N–C) groups is 1. The first-order valence-corrected chi connectivity index (χ1v) is 11.4. The minimum Gasteiger partial charge on any atom is -0.495 e. The lowest BCUT2D eigenvalue weighted by molar-refractivity contribution is 0.408. The van der Waals surface area contributed by atoms with Gasteiger partial charge in [-0.25, -0.2) is 4.99 Å². The Morgan fingerprint density at radius 3 is 2.58 bits per heavy atom. The molecular weight excluding hydrogens is 390 g/mol. The van der Waals surface area contributed by atoms with Crippen LogP contribution in [0.5, 0.6) is 5.75 Å². The fraction of sp³-hybridized carbons (Fsp3) is 0.609. The second kappa shape index (κ2) is 10.0. The summed E-state index contributed by atoms with van der Waals surface area (Å²) in [6.45, 7) is 4.45. The van der Waals surface area contributed by atoms with Crippen molar-refractivity contribution < 1.29 is 4.74 Å². The van der Waals surface area contributed by atoms with Gasteiger partial charge in [-0.3, -0.25) is 0 Å². The molecule has 0 radical (unpaired) electrons. The van der Waals surface area contributed by atoms with Crippen molar-refractivity contribution >= 4 is 11.6 Å². The van der Waals surface area contributed by atoms with Gasteiger partial charge in [0.2, 0.25) is 0 Å². The number of guanidine groups is 1. The number of aryl methyl sites for hydroxylation is 1. The molecule has 2 heterocycles. The van der Waals surface area contributed by atoms with Crippen molar-refractivity contribution in [3.05, 3.63) is 35.9 Å². The number of piperidine rings is 1. The zero-order chi connectivity index (χ0) is 21.6. The number of nitrogens with one attached hydrogen (secondary N) is 2. The minimum absolute atomic E-state index is 0.326. The monoisotopic (exact) mass is 425 g/mol. The minimum atomic E-state index is 0.326. The van der Waals surface area contributed by atoms with Crippen LogP contribution in [0.15, 0.2) is 29.3 Å². The molecule has 2 N–H and O–H groups in total. The first-order chi connectivity index (χ1) is 15.1. The highest BCUT2D eigenvalue weighted by Crippen LogP contribution is 2.30. The molecule has 168 valence electrons. The Labute approximate surface area is 185 Å². The molecule has 4 rings (SSSR count). The van der Waals surface area contributed by atoms with Gasteiger partial charge in [-0.2, -0.15) is 0 Å². The van der Waals surface area contributed by atoms with E-state index in [1.54, 1.807) is 7.11 Å². The molecule has 2 aliphatic rings. The second-order valence-electron chi connectivity index (χ2n) is 8.61. The van der Waals surface area contributed by atoms with Crippen LogP contribution in [0, 0.1) is 6.92 Å². The summed E-state index contributed by atoms with van der Waals surface area (Å²) in [5.41, 5.74) is 1.16. The maximum Gasteiger partial charge on any atom is 0.192 e. The molecule has 1 unspecified atom stereocenters. The van der Waals surface area contributed by atoms with Gasteiger partial charge < -0.3 is 24.8 Å². The van der Waals surface area contributed by atoms with Gasteiger partial charge in [-0.15, -0.1) is 10.2 Å². The maximum absolute atomic E-state index is 5.59. The van der Waals surface area contributed by atoms with Gasteiger partial charge in [-0.05, 0) is 44.7 Å². The van der Waals surface area contributed by atoms with E-state index in [9.17, 15) is 0 Å². The summed E-state index contributed by atoms with van der Waals surface area (Å²) in [6.07, 6.45) is 7.26. The zero-order valence-electron chi connectivity index (χ0n) is 19.0. The molecule has 31 heavy (non-hydrogen) atoms. The average molecular weight is 426 g/mol. The van der Waals surface area contributed by atoms with E-state index in [-0.39, 0.29) is 0 Å². The summed E-state index contributed by atoms with van der Waals surface area (Å²) in [6, 6.07) is 9.10. The van der Waals surface area contributed by atoms with Crippen molar-refractivity contribution in [2.24, 2.45) is 12.0 Å². The SMILES string of the molecule is COc1ccccc1N1CCCC(NC(=NCc2nnc(C)n2C)NC2CCCC2)C1. The van der Waals surface area contributed by atoms with E-state index >= 15 is 0 Å². The highest BCUT2D eigenvalue weighted by molar-refractivity contribution is 5.80. The maximum atomic E-state index is 5.59. The third-order valence-electron chi connectivity index (χ3n) is 6.45. The second-order valence-corrected chi connectivity index (χ2v) is 8.61. The van der Waals surface area contributed by atoms with Crippen molar-refractivity contribution in [1.82, 2.24) is 25.4 Å². The Morgan fingerprint density at radius 1 is 1.10 bits per heavy atom. The van der Waals surface area contributed by atoms with Crippen LogP contribution in [0.1, 0.15) is 50.2 Å². The number of rotatable bonds is 6. The van der Waals surface area contributed by atoms with Crippen LogP contribution >= 0.6 is 0 Å². The van der Waals surface area contributed by atoms with E-state index in [2.05, 4.69) is 37.9 Å². The lowest BCUT2D eigenvalue weighted by Crippen LogP contribution is -2.52. The van der Waals surface area contributed by atoms with Gasteiger partial charge in [0.1, 0.15) is 18.1 Å². The summed E-state index contributed by atoms with van der Waals surface area (Å²) in [7, 11) is 3.73. The number of hydrogen-bond acceptors (Lipinski definition) is 5. The van der Waals surface area contributed by atoms with E-state index < -0.39 is 0 Å². The largest absolute Gasteiger partial charge is 0.495 e. The van der Waals surface area contributed by atoms with Crippen LogP contribution in [0.3, 0.4) is 0 Å². The van der Waals surface area contributed by atoms with E-state index in [1.807, 2.05) is 30.7 Å². The van der Waals surface area contributed by atoms with E-state index in [0.717, 1.165) is 55.0 Å². The van der Waals surface area contributed by atoms with Gasteiger partial charge in [0.25, 0.3) is 0 Å². The average Bonchev–Trinajstić information content (AvgIpc) is 3.42. The van der Waals surface area contributed by atoms with E-state index in [1.165, 1.54) is 25.7 Å². The van der Waals surface area contributed by atoms with Crippen LogP contribution < -0.4 is 20.3 Å². The Hall–Kier alpha value is -2.77.